The zero-order valence-corrected chi connectivity index (χ0v) is 13.7. The fourth-order valence-electron chi connectivity index (χ4n) is 1.98. The van der Waals surface area contributed by atoms with Gasteiger partial charge in [0, 0.05) is 32.4 Å². The number of carbonyl (C=O) groups excluding carboxylic acids is 1. The van der Waals surface area contributed by atoms with Crippen LogP contribution in [0.4, 0.5) is 0 Å². The summed E-state index contributed by atoms with van der Waals surface area (Å²) in [5.74, 6) is 0.0203. The lowest BCUT2D eigenvalue weighted by Crippen LogP contribution is -2.30. The average molecular weight is 340 g/mol. The molecule has 0 spiro atoms. The highest BCUT2D eigenvalue weighted by molar-refractivity contribution is 9.10. The SMILES string of the molecule is Cc1nn(C)cc1CN(C)C(=O)Cn1ncc(Br)c1C. The molecule has 0 fully saturated rings. The third kappa shape index (κ3) is 3.09. The molecule has 0 aliphatic carbocycles. The number of halogens is 1. The molecule has 7 heteroatoms. The Balaban J connectivity index is 2.02. The zero-order chi connectivity index (χ0) is 14.9. The van der Waals surface area contributed by atoms with E-state index < -0.39 is 0 Å². The Morgan fingerprint density at radius 2 is 2.15 bits per heavy atom. The van der Waals surface area contributed by atoms with E-state index in [1.54, 1.807) is 27.5 Å². The van der Waals surface area contributed by atoms with Crippen molar-refractivity contribution in [3.05, 3.63) is 33.8 Å². The van der Waals surface area contributed by atoms with Crippen LogP contribution in [0, 0.1) is 13.8 Å². The number of nitrogens with zero attached hydrogens (tertiary/aromatic N) is 5. The van der Waals surface area contributed by atoms with Crippen LogP contribution in [0.2, 0.25) is 0 Å². The topological polar surface area (TPSA) is 56.0 Å². The van der Waals surface area contributed by atoms with Gasteiger partial charge >= 0.3 is 0 Å². The molecule has 0 bridgehead atoms. The molecule has 0 aliphatic rings. The fourth-order valence-corrected chi connectivity index (χ4v) is 2.28. The predicted octanol–water partition coefficient (Wildman–Crippen LogP) is 1.65. The van der Waals surface area contributed by atoms with Crippen LogP contribution in [0.15, 0.2) is 16.9 Å². The van der Waals surface area contributed by atoms with E-state index in [4.69, 9.17) is 0 Å². The van der Waals surface area contributed by atoms with E-state index in [-0.39, 0.29) is 12.5 Å². The summed E-state index contributed by atoms with van der Waals surface area (Å²) in [5, 5.41) is 8.45. The minimum atomic E-state index is 0.0203. The Morgan fingerprint density at radius 3 is 2.65 bits per heavy atom. The van der Waals surface area contributed by atoms with Gasteiger partial charge < -0.3 is 4.90 Å². The molecule has 6 nitrogen and oxygen atoms in total. The summed E-state index contributed by atoms with van der Waals surface area (Å²) in [6.07, 6.45) is 3.64. The highest BCUT2D eigenvalue weighted by Gasteiger charge is 2.14. The van der Waals surface area contributed by atoms with E-state index in [9.17, 15) is 4.79 Å². The van der Waals surface area contributed by atoms with E-state index in [1.807, 2.05) is 27.1 Å². The number of aryl methyl sites for hydroxylation is 2. The quantitative estimate of drug-likeness (QED) is 0.851. The average Bonchev–Trinajstić information content (AvgIpc) is 2.85. The summed E-state index contributed by atoms with van der Waals surface area (Å²) >= 11 is 3.39. The summed E-state index contributed by atoms with van der Waals surface area (Å²) in [6, 6.07) is 0. The lowest BCUT2D eigenvalue weighted by Gasteiger charge is -2.17. The minimum absolute atomic E-state index is 0.0203. The van der Waals surface area contributed by atoms with Crippen molar-refractivity contribution in [3.63, 3.8) is 0 Å². The second-order valence-corrected chi connectivity index (χ2v) is 5.75. The summed E-state index contributed by atoms with van der Waals surface area (Å²) in [7, 11) is 3.67. The van der Waals surface area contributed by atoms with Crippen molar-refractivity contribution in [2.75, 3.05) is 7.05 Å². The van der Waals surface area contributed by atoms with Gasteiger partial charge in [0.1, 0.15) is 6.54 Å². The molecule has 0 unspecified atom stereocenters. The number of hydrogen-bond donors (Lipinski definition) is 0. The number of hydrogen-bond acceptors (Lipinski definition) is 3. The second kappa shape index (κ2) is 5.78. The summed E-state index contributed by atoms with van der Waals surface area (Å²) < 4.78 is 4.37. The first kappa shape index (κ1) is 14.8. The molecule has 0 saturated carbocycles. The van der Waals surface area contributed by atoms with Crippen molar-refractivity contribution >= 4 is 21.8 Å². The molecule has 2 rings (SSSR count). The van der Waals surface area contributed by atoms with Gasteiger partial charge in [-0.15, -0.1) is 0 Å². The van der Waals surface area contributed by atoms with E-state index >= 15 is 0 Å². The Hall–Kier alpha value is -1.63. The Kier molecular flexibility index (Phi) is 4.27. The monoisotopic (exact) mass is 339 g/mol. The molecule has 108 valence electrons. The van der Waals surface area contributed by atoms with Gasteiger partial charge in [-0.25, -0.2) is 0 Å². The van der Waals surface area contributed by atoms with Gasteiger partial charge in [0.25, 0.3) is 0 Å². The Labute approximate surface area is 126 Å². The lowest BCUT2D eigenvalue weighted by atomic mass is 10.2. The number of aromatic nitrogens is 4. The van der Waals surface area contributed by atoms with E-state index in [1.165, 1.54) is 0 Å². The smallest absolute Gasteiger partial charge is 0.244 e. The van der Waals surface area contributed by atoms with E-state index in [2.05, 4.69) is 26.1 Å². The molecule has 0 aliphatic heterocycles. The molecule has 1 amide bonds. The minimum Gasteiger partial charge on any atom is -0.340 e. The van der Waals surface area contributed by atoms with Gasteiger partial charge in [0.15, 0.2) is 0 Å². The molecule has 20 heavy (non-hydrogen) atoms. The maximum absolute atomic E-state index is 12.2. The predicted molar refractivity (Wildman–Crippen MR) is 79.1 cm³/mol. The molecule has 0 radical (unpaired) electrons. The van der Waals surface area contributed by atoms with Crippen LogP contribution >= 0.6 is 15.9 Å². The first-order valence-corrected chi connectivity index (χ1v) is 7.08. The summed E-state index contributed by atoms with van der Waals surface area (Å²) in [5.41, 5.74) is 2.95. The van der Waals surface area contributed by atoms with E-state index in [0.29, 0.717) is 6.54 Å². The highest BCUT2D eigenvalue weighted by atomic mass is 79.9. The maximum atomic E-state index is 12.2. The number of carbonyl (C=O) groups is 1. The van der Waals surface area contributed by atoms with Crippen LogP contribution in [0.3, 0.4) is 0 Å². The molecule has 0 aromatic carbocycles. The van der Waals surface area contributed by atoms with Gasteiger partial charge in [-0.05, 0) is 29.8 Å². The van der Waals surface area contributed by atoms with Gasteiger partial charge in [0.2, 0.25) is 5.91 Å². The standard InChI is InChI=1S/C13H18BrN5O/c1-9-11(7-18(4)16-9)6-17(3)13(20)8-19-10(2)12(14)5-15-19/h5,7H,6,8H2,1-4H3. The molecule has 2 heterocycles. The molecule has 2 aromatic heterocycles. The van der Waals surface area contributed by atoms with Crippen molar-refractivity contribution in [1.82, 2.24) is 24.5 Å². The highest BCUT2D eigenvalue weighted by Crippen LogP contribution is 2.14. The maximum Gasteiger partial charge on any atom is 0.244 e. The number of amides is 1. The van der Waals surface area contributed by atoms with Crippen molar-refractivity contribution in [1.29, 1.82) is 0 Å². The van der Waals surface area contributed by atoms with Crippen molar-refractivity contribution in [3.8, 4) is 0 Å². The first-order chi connectivity index (χ1) is 9.38. The van der Waals surface area contributed by atoms with Crippen LogP contribution < -0.4 is 0 Å². The van der Waals surface area contributed by atoms with Gasteiger partial charge in [-0.1, -0.05) is 0 Å². The van der Waals surface area contributed by atoms with Crippen molar-refractivity contribution < 1.29 is 4.79 Å². The summed E-state index contributed by atoms with van der Waals surface area (Å²) in [4.78, 5) is 13.9. The normalized spacial score (nSPS) is 10.8. The van der Waals surface area contributed by atoms with Crippen molar-refractivity contribution in [2.45, 2.75) is 26.9 Å². The van der Waals surface area contributed by atoms with Crippen LogP contribution in [-0.4, -0.2) is 37.4 Å². The number of likely N-dealkylation sites (N-methyl/N-ethyl adjacent to an activating group) is 1. The van der Waals surface area contributed by atoms with Gasteiger partial charge in [0.05, 0.1) is 22.1 Å². The molecule has 2 aromatic rings. The van der Waals surface area contributed by atoms with Gasteiger partial charge in [-0.3, -0.25) is 14.2 Å². The number of rotatable bonds is 4. The second-order valence-electron chi connectivity index (χ2n) is 4.90. The first-order valence-electron chi connectivity index (χ1n) is 6.29. The Morgan fingerprint density at radius 1 is 1.45 bits per heavy atom. The summed E-state index contributed by atoms with van der Waals surface area (Å²) in [6.45, 7) is 4.67. The zero-order valence-electron chi connectivity index (χ0n) is 12.1. The van der Waals surface area contributed by atoms with Gasteiger partial charge in [-0.2, -0.15) is 10.2 Å². The van der Waals surface area contributed by atoms with Crippen molar-refractivity contribution in [2.24, 2.45) is 7.05 Å². The lowest BCUT2D eigenvalue weighted by molar-refractivity contribution is -0.131. The third-order valence-electron chi connectivity index (χ3n) is 3.28. The van der Waals surface area contributed by atoms with Crippen LogP contribution in [0.1, 0.15) is 17.0 Å². The van der Waals surface area contributed by atoms with Crippen LogP contribution in [0.25, 0.3) is 0 Å². The molecule has 0 atom stereocenters. The van der Waals surface area contributed by atoms with E-state index in [0.717, 1.165) is 21.4 Å². The molecule has 0 saturated heterocycles. The molecular formula is C13H18BrN5O. The fraction of sp³-hybridized carbons (Fsp3) is 0.462. The molecular weight excluding hydrogens is 322 g/mol. The molecule has 0 N–H and O–H groups in total. The van der Waals surface area contributed by atoms with Crippen LogP contribution in [-0.2, 0) is 24.9 Å². The third-order valence-corrected chi connectivity index (χ3v) is 4.06. The Bertz CT molecular complexity index is 631. The van der Waals surface area contributed by atoms with Crippen LogP contribution in [0.5, 0.6) is 0 Å². The largest absolute Gasteiger partial charge is 0.340 e.